The second-order valence-electron chi connectivity index (χ2n) is 6.63. The van der Waals surface area contributed by atoms with Crippen LogP contribution >= 0.6 is 23.2 Å². The maximum atomic E-state index is 6.14. The molecule has 0 amide bonds. The largest absolute Gasteiger partial charge is 0.316 e. The van der Waals surface area contributed by atoms with Crippen LogP contribution in [0.1, 0.15) is 31.2 Å². The zero-order valence-corrected chi connectivity index (χ0v) is 14.3. The first-order valence-corrected chi connectivity index (χ1v) is 8.67. The Bertz CT molecular complexity index is 492. The van der Waals surface area contributed by atoms with Gasteiger partial charge in [0.1, 0.15) is 0 Å². The molecule has 2 saturated heterocycles. The highest BCUT2D eigenvalue weighted by Gasteiger charge is 2.40. The van der Waals surface area contributed by atoms with Crippen molar-refractivity contribution in [3.05, 3.63) is 33.8 Å². The van der Waals surface area contributed by atoms with Crippen molar-refractivity contribution < 1.29 is 0 Å². The molecule has 0 aromatic heterocycles. The van der Waals surface area contributed by atoms with E-state index in [-0.39, 0.29) is 0 Å². The summed E-state index contributed by atoms with van der Waals surface area (Å²) in [5.74, 6) is 0.762. The van der Waals surface area contributed by atoms with Gasteiger partial charge in [-0.3, -0.25) is 0 Å². The predicted octanol–water partition coefficient (Wildman–Crippen LogP) is 4.00. The van der Waals surface area contributed by atoms with Crippen LogP contribution in [0.5, 0.6) is 0 Å². The van der Waals surface area contributed by atoms with Gasteiger partial charge in [0.05, 0.1) is 10.0 Å². The van der Waals surface area contributed by atoms with E-state index in [9.17, 15) is 0 Å². The molecule has 2 bridgehead atoms. The maximum Gasteiger partial charge on any atom is 0.0595 e. The molecule has 2 fully saturated rings. The van der Waals surface area contributed by atoms with Crippen molar-refractivity contribution in [1.82, 2.24) is 10.2 Å². The molecule has 1 aromatic rings. The lowest BCUT2D eigenvalue weighted by Gasteiger charge is -2.40. The van der Waals surface area contributed by atoms with Gasteiger partial charge in [0.2, 0.25) is 0 Å². The number of nitrogens with zero attached hydrogens (tertiary/aromatic N) is 1. The van der Waals surface area contributed by atoms with E-state index < -0.39 is 0 Å². The second kappa shape index (κ2) is 6.45. The van der Waals surface area contributed by atoms with Crippen molar-refractivity contribution in [3.8, 4) is 0 Å². The summed E-state index contributed by atoms with van der Waals surface area (Å²) in [5.41, 5.74) is 1.27. The minimum absolute atomic E-state index is 0.527. The first-order chi connectivity index (χ1) is 10.1. The first kappa shape index (κ1) is 15.6. The molecule has 3 atom stereocenters. The van der Waals surface area contributed by atoms with Gasteiger partial charge in [0.15, 0.2) is 0 Å². The first-order valence-electron chi connectivity index (χ1n) is 7.91. The van der Waals surface area contributed by atoms with Crippen LogP contribution in [0.3, 0.4) is 0 Å². The van der Waals surface area contributed by atoms with Crippen molar-refractivity contribution in [3.63, 3.8) is 0 Å². The summed E-state index contributed by atoms with van der Waals surface area (Å²) in [7, 11) is 4.38. The van der Waals surface area contributed by atoms with Gasteiger partial charge in [-0.05, 0) is 69.8 Å². The molecule has 2 heterocycles. The Morgan fingerprint density at radius 1 is 1.19 bits per heavy atom. The van der Waals surface area contributed by atoms with Gasteiger partial charge >= 0.3 is 0 Å². The average molecular weight is 327 g/mol. The van der Waals surface area contributed by atoms with Gasteiger partial charge in [0.25, 0.3) is 0 Å². The van der Waals surface area contributed by atoms with Crippen LogP contribution in [0.25, 0.3) is 0 Å². The van der Waals surface area contributed by atoms with Gasteiger partial charge in [-0.25, -0.2) is 0 Å². The molecule has 1 N–H and O–H groups in total. The third kappa shape index (κ3) is 3.24. The summed E-state index contributed by atoms with van der Waals surface area (Å²) in [6.45, 7) is 0. The van der Waals surface area contributed by atoms with Crippen molar-refractivity contribution >= 4 is 23.2 Å². The topological polar surface area (TPSA) is 15.3 Å². The third-order valence-electron chi connectivity index (χ3n) is 5.51. The molecule has 0 spiro atoms. The van der Waals surface area contributed by atoms with Crippen LogP contribution in [-0.4, -0.2) is 37.1 Å². The molecule has 0 radical (unpaired) electrons. The van der Waals surface area contributed by atoms with Gasteiger partial charge in [-0.2, -0.15) is 0 Å². The Labute approximate surface area is 137 Å². The minimum Gasteiger partial charge on any atom is -0.316 e. The van der Waals surface area contributed by atoms with Gasteiger partial charge < -0.3 is 10.2 Å². The fourth-order valence-corrected chi connectivity index (χ4v) is 4.53. The fraction of sp³-hybridized carbons (Fsp3) is 0.647. The number of halogens is 2. The SMILES string of the molecule is CNC(Cc1ccc(Cl)c(Cl)c1)C1CC2CCC(C1)N2C. The lowest BCUT2D eigenvalue weighted by atomic mass is 9.82. The summed E-state index contributed by atoms with van der Waals surface area (Å²) in [4.78, 5) is 2.60. The van der Waals surface area contributed by atoms with Crippen LogP contribution in [0.2, 0.25) is 10.0 Å². The summed E-state index contributed by atoms with van der Waals surface area (Å²) in [6, 6.07) is 8.13. The van der Waals surface area contributed by atoms with Gasteiger partial charge in [-0.1, -0.05) is 29.3 Å². The van der Waals surface area contributed by atoms with Gasteiger partial charge in [-0.15, -0.1) is 0 Å². The Morgan fingerprint density at radius 2 is 1.86 bits per heavy atom. The summed E-state index contributed by atoms with van der Waals surface area (Å²) in [6.07, 6.45) is 6.42. The Balaban J connectivity index is 1.69. The quantitative estimate of drug-likeness (QED) is 0.899. The molecule has 21 heavy (non-hydrogen) atoms. The van der Waals surface area contributed by atoms with Crippen molar-refractivity contribution in [2.45, 2.75) is 50.2 Å². The highest BCUT2D eigenvalue weighted by molar-refractivity contribution is 6.42. The number of hydrogen-bond acceptors (Lipinski definition) is 2. The fourth-order valence-electron chi connectivity index (χ4n) is 4.21. The van der Waals surface area contributed by atoms with E-state index in [0.29, 0.717) is 16.1 Å². The number of fused-ring (bicyclic) bond motifs is 2. The highest BCUT2D eigenvalue weighted by atomic mass is 35.5. The van der Waals surface area contributed by atoms with E-state index in [0.717, 1.165) is 24.4 Å². The van der Waals surface area contributed by atoms with E-state index in [1.165, 1.54) is 31.2 Å². The van der Waals surface area contributed by atoms with E-state index >= 15 is 0 Å². The van der Waals surface area contributed by atoms with E-state index in [1.54, 1.807) is 0 Å². The minimum atomic E-state index is 0.527. The number of piperidine rings is 1. The number of likely N-dealkylation sites (N-methyl/N-ethyl adjacent to an activating group) is 1. The lowest BCUT2D eigenvalue weighted by Crippen LogP contribution is -2.47. The van der Waals surface area contributed by atoms with Crippen LogP contribution in [0.15, 0.2) is 18.2 Å². The molecule has 2 aliphatic heterocycles. The van der Waals surface area contributed by atoms with Crippen LogP contribution in [0, 0.1) is 5.92 Å². The standard InChI is InChI=1S/C17H24Cl2N2/c1-20-17(8-11-3-6-15(18)16(19)7-11)12-9-13-4-5-14(10-12)21(13)2/h3,6-7,12-14,17,20H,4-5,8-10H2,1-2H3. The smallest absolute Gasteiger partial charge is 0.0595 e. The molecule has 0 aliphatic carbocycles. The Hall–Kier alpha value is -0.280. The van der Waals surface area contributed by atoms with Crippen LogP contribution < -0.4 is 5.32 Å². The van der Waals surface area contributed by atoms with Crippen LogP contribution in [-0.2, 0) is 6.42 Å². The highest BCUT2D eigenvalue weighted by Crippen LogP contribution is 2.39. The van der Waals surface area contributed by atoms with Crippen molar-refractivity contribution in [2.24, 2.45) is 5.92 Å². The molecule has 1 aromatic carbocycles. The number of rotatable bonds is 4. The normalized spacial score (nSPS) is 30.6. The van der Waals surface area contributed by atoms with E-state index in [4.69, 9.17) is 23.2 Å². The molecule has 2 aliphatic rings. The summed E-state index contributed by atoms with van der Waals surface area (Å²) < 4.78 is 0. The lowest BCUT2D eigenvalue weighted by molar-refractivity contribution is 0.114. The molecule has 0 saturated carbocycles. The summed E-state index contributed by atoms with van der Waals surface area (Å²) in [5, 5.41) is 4.84. The summed E-state index contributed by atoms with van der Waals surface area (Å²) >= 11 is 12.2. The molecule has 116 valence electrons. The zero-order valence-electron chi connectivity index (χ0n) is 12.8. The van der Waals surface area contributed by atoms with E-state index in [2.05, 4.69) is 30.4 Å². The molecule has 3 rings (SSSR count). The molecular weight excluding hydrogens is 303 g/mol. The van der Waals surface area contributed by atoms with E-state index in [1.807, 2.05) is 12.1 Å². The van der Waals surface area contributed by atoms with Gasteiger partial charge in [0, 0.05) is 18.1 Å². The molecule has 4 heteroatoms. The number of hydrogen-bond donors (Lipinski definition) is 1. The predicted molar refractivity (Wildman–Crippen MR) is 90.3 cm³/mol. The molecule has 3 unspecified atom stereocenters. The van der Waals surface area contributed by atoms with Crippen molar-refractivity contribution in [1.29, 1.82) is 0 Å². The second-order valence-corrected chi connectivity index (χ2v) is 7.44. The Morgan fingerprint density at radius 3 is 2.43 bits per heavy atom. The molecular formula is C17H24Cl2N2. The number of nitrogens with one attached hydrogen (secondary N) is 1. The zero-order chi connectivity index (χ0) is 15.0. The maximum absolute atomic E-state index is 6.14. The third-order valence-corrected chi connectivity index (χ3v) is 6.25. The monoisotopic (exact) mass is 326 g/mol. The van der Waals surface area contributed by atoms with Crippen molar-refractivity contribution in [2.75, 3.05) is 14.1 Å². The average Bonchev–Trinajstić information content (AvgIpc) is 2.70. The molecule has 2 nitrogen and oxygen atoms in total. The van der Waals surface area contributed by atoms with Crippen LogP contribution in [0.4, 0.5) is 0 Å². The Kier molecular flexibility index (Phi) is 4.80. The number of benzene rings is 1.